The predicted octanol–water partition coefficient (Wildman–Crippen LogP) is 3.83. The second-order valence-corrected chi connectivity index (χ2v) is 4.49. The van der Waals surface area contributed by atoms with Crippen LogP contribution in [0.3, 0.4) is 0 Å². The number of rotatable bonds is 3. The lowest BCUT2D eigenvalue weighted by molar-refractivity contribution is 0.612. The van der Waals surface area contributed by atoms with Gasteiger partial charge in [0, 0.05) is 12.1 Å². The maximum Gasteiger partial charge on any atom is 0.129 e. The number of nitriles is 2. The van der Waals surface area contributed by atoms with Gasteiger partial charge in [-0.2, -0.15) is 10.5 Å². The highest BCUT2D eigenvalue weighted by atomic mass is 35.5. The lowest BCUT2D eigenvalue weighted by atomic mass is 10.1. The minimum atomic E-state index is -0.443. The third-order valence-electron chi connectivity index (χ3n) is 2.75. The van der Waals surface area contributed by atoms with Gasteiger partial charge in [-0.05, 0) is 30.3 Å². The smallest absolute Gasteiger partial charge is 0.129 e. The molecule has 0 unspecified atom stereocenters. The van der Waals surface area contributed by atoms with Crippen molar-refractivity contribution in [2.75, 3.05) is 5.32 Å². The first-order valence-corrected chi connectivity index (χ1v) is 6.14. The Hall–Kier alpha value is -2.56. The van der Waals surface area contributed by atoms with Crippen LogP contribution < -0.4 is 5.32 Å². The van der Waals surface area contributed by atoms with E-state index in [1.165, 1.54) is 6.07 Å². The second-order valence-electron chi connectivity index (χ2n) is 4.08. The topological polar surface area (TPSA) is 59.6 Å². The molecule has 0 aliphatic heterocycles. The van der Waals surface area contributed by atoms with Crippen molar-refractivity contribution in [3.8, 4) is 12.1 Å². The fourth-order valence-corrected chi connectivity index (χ4v) is 1.93. The van der Waals surface area contributed by atoms with Crippen LogP contribution >= 0.6 is 11.6 Å². The summed E-state index contributed by atoms with van der Waals surface area (Å²) in [5.41, 5.74) is 1.80. The lowest BCUT2D eigenvalue weighted by Gasteiger charge is -2.09. The predicted molar refractivity (Wildman–Crippen MR) is 74.6 cm³/mol. The molecule has 0 spiro atoms. The molecular formula is C15H9ClFN3. The average Bonchev–Trinajstić information content (AvgIpc) is 2.46. The second kappa shape index (κ2) is 6.06. The van der Waals surface area contributed by atoms with Gasteiger partial charge in [-0.1, -0.05) is 17.7 Å². The van der Waals surface area contributed by atoms with Gasteiger partial charge in [-0.25, -0.2) is 4.39 Å². The van der Waals surface area contributed by atoms with Crippen LogP contribution in [-0.4, -0.2) is 0 Å². The van der Waals surface area contributed by atoms with E-state index in [9.17, 15) is 4.39 Å². The first-order chi connectivity index (χ1) is 9.63. The van der Waals surface area contributed by atoms with Crippen LogP contribution in [0.4, 0.5) is 10.1 Å². The molecule has 0 saturated heterocycles. The summed E-state index contributed by atoms with van der Waals surface area (Å²) in [5.74, 6) is -0.443. The van der Waals surface area contributed by atoms with Crippen LogP contribution in [-0.2, 0) is 6.54 Å². The summed E-state index contributed by atoms with van der Waals surface area (Å²) in [6.45, 7) is 0.239. The molecule has 0 aliphatic carbocycles. The summed E-state index contributed by atoms with van der Waals surface area (Å²) >= 11 is 6.01. The van der Waals surface area contributed by atoms with Gasteiger partial charge in [0.15, 0.2) is 0 Å². The first-order valence-electron chi connectivity index (χ1n) is 5.76. The molecule has 0 amide bonds. The van der Waals surface area contributed by atoms with Gasteiger partial charge in [0.05, 0.1) is 34.0 Å². The minimum absolute atomic E-state index is 0.239. The zero-order valence-electron chi connectivity index (χ0n) is 10.3. The molecule has 1 N–H and O–H groups in total. The SMILES string of the molecule is N#Cc1ccc(CNc2ccc(C#N)cc2Cl)c(F)c1. The highest BCUT2D eigenvalue weighted by Crippen LogP contribution is 2.23. The largest absolute Gasteiger partial charge is 0.380 e. The van der Waals surface area contributed by atoms with Crippen molar-refractivity contribution in [1.82, 2.24) is 0 Å². The van der Waals surface area contributed by atoms with E-state index >= 15 is 0 Å². The Morgan fingerprint density at radius 1 is 1.05 bits per heavy atom. The number of halogens is 2. The molecular weight excluding hydrogens is 277 g/mol. The van der Waals surface area contributed by atoms with E-state index in [1.54, 1.807) is 30.3 Å². The van der Waals surface area contributed by atoms with E-state index in [0.29, 0.717) is 21.8 Å². The first kappa shape index (κ1) is 13.9. The monoisotopic (exact) mass is 285 g/mol. The number of hydrogen-bond acceptors (Lipinski definition) is 3. The Kier molecular flexibility index (Phi) is 4.20. The molecule has 2 aromatic rings. The van der Waals surface area contributed by atoms with E-state index < -0.39 is 5.82 Å². The molecule has 98 valence electrons. The summed E-state index contributed by atoms with van der Waals surface area (Å²) < 4.78 is 13.7. The van der Waals surface area contributed by atoms with Gasteiger partial charge < -0.3 is 5.32 Å². The fraction of sp³-hybridized carbons (Fsp3) is 0.0667. The molecule has 0 bridgehead atoms. The van der Waals surface area contributed by atoms with Gasteiger partial charge in [0.1, 0.15) is 5.82 Å². The molecule has 0 fully saturated rings. The maximum atomic E-state index is 13.7. The molecule has 2 rings (SSSR count). The summed E-state index contributed by atoms with van der Waals surface area (Å²) in [6, 6.07) is 13.0. The van der Waals surface area contributed by atoms with E-state index in [1.807, 2.05) is 12.1 Å². The van der Waals surface area contributed by atoms with Crippen LogP contribution in [0.15, 0.2) is 36.4 Å². The van der Waals surface area contributed by atoms with Crippen molar-refractivity contribution in [3.63, 3.8) is 0 Å². The van der Waals surface area contributed by atoms with Crippen LogP contribution in [0.5, 0.6) is 0 Å². The van der Waals surface area contributed by atoms with Gasteiger partial charge in [0.25, 0.3) is 0 Å². The Labute approximate surface area is 120 Å². The molecule has 0 aromatic heterocycles. The molecule has 0 saturated carbocycles. The van der Waals surface area contributed by atoms with E-state index in [-0.39, 0.29) is 12.1 Å². The van der Waals surface area contributed by atoms with Crippen LogP contribution in [0.1, 0.15) is 16.7 Å². The fourth-order valence-electron chi connectivity index (χ4n) is 1.68. The van der Waals surface area contributed by atoms with E-state index in [2.05, 4.69) is 5.32 Å². The normalized spacial score (nSPS) is 9.60. The summed E-state index contributed by atoms with van der Waals surface area (Å²) in [5, 5.41) is 20.8. The van der Waals surface area contributed by atoms with Crippen LogP contribution in [0, 0.1) is 28.5 Å². The molecule has 5 heteroatoms. The van der Waals surface area contributed by atoms with Crippen LogP contribution in [0.2, 0.25) is 5.02 Å². The van der Waals surface area contributed by atoms with E-state index in [0.717, 1.165) is 0 Å². The number of nitrogens with one attached hydrogen (secondary N) is 1. The number of nitrogens with zero attached hydrogens (tertiary/aromatic N) is 2. The van der Waals surface area contributed by atoms with Crippen LogP contribution in [0.25, 0.3) is 0 Å². The van der Waals surface area contributed by atoms with Crippen molar-refractivity contribution < 1.29 is 4.39 Å². The Balaban J connectivity index is 2.13. The summed E-state index contributed by atoms with van der Waals surface area (Å²) in [4.78, 5) is 0. The Morgan fingerprint density at radius 2 is 1.70 bits per heavy atom. The van der Waals surface area contributed by atoms with Crippen molar-refractivity contribution in [2.24, 2.45) is 0 Å². The third-order valence-corrected chi connectivity index (χ3v) is 3.06. The average molecular weight is 286 g/mol. The van der Waals surface area contributed by atoms with Crippen molar-refractivity contribution in [1.29, 1.82) is 10.5 Å². The zero-order valence-corrected chi connectivity index (χ0v) is 11.1. The lowest BCUT2D eigenvalue weighted by Crippen LogP contribution is -2.02. The van der Waals surface area contributed by atoms with Gasteiger partial charge >= 0.3 is 0 Å². The summed E-state index contributed by atoms with van der Waals surface area (Å²) in [6.07, 6.45) is 0. The quantitative estimate of drug-likeness (QED) is 0.932. The Morgan fingerprint density at radius 3 is 2.30 bits per heavy atom. The van der Waals surface area contributed by atoms with Gasteiger partial charge in [-0.15, -0.1) is 0 Å². The molecule has 2 aromatic carbocycles. The highest BCUT2D eigenvalue weighted by Gasteiger charge is 2.05. The highest BCUT2D eigenvalue weighted by molar-refractivity contribution is 6.33. The van der Waals surface area contributed by atoms with Gasteiger partial charge in [-0.3, -0.25) is 0 Å². The maximum absolute atomic E-state index is 13.7. The van der Waals surface area contributed by atoms with Crippen molar-refractivity contribution in [2.45, 2.75) is 6.54 Å². The molecule has 0 atom stereocenters. The third kappa shape index (κ3) is 3.06. The number of hydrogen-bond donors (Lipinski definition) is 1. The molecule has 3 nitrogen and oxygen atoms in total. The molecule has 0 heterocycles. The zero-order chi connectivity index (χ0) is 14.5. The molecule has 20 heavy (non-hydrogen) atoms. The Bertz CT molecular complexity index is 665. The standard InChI is InChI=1S/C15H9ClFN3/c16-13-5-10(7-18)2-4-15(13)20-9-12-3-1-11(8-19)6-14(12)17/h1-6,20H,9H2. The summed E-state index contributed by atoms with van der Waals surface area (Å²) in [7, 11) is 0. The molecule has 0 radical (unpaired) electrons. The van der Waals surface area contributed by atoms with Crippen molar-refractivity contribution in [3.05, 3.63) is 63.9 Å². The minimum Gasteiger partial charge on any atom is -0.380 e. The van der Waals surface area contributed by atoms with E-state index in [4.69, 9.17) is 22.1 Å². The number of anilines is 1. The van der Waals surface area contributed by atoms with Crippen molar-refractivity contribution >= 4 is 17.3 Å². The molecule has 0 aliphatic rings. The number of benzene rings is 2. The van der Waals surface area contributed by atoms with Gasteiger partial charge in [0.2, 0.25) is 0 Å².